The molecule has 2 unspecified atom stereocenters. The first-order valence-electron chi connectivity index (χ1n) is 6.19. The molecule has 2 rings (SSSR count). The Morgan fingerprint density at radius 1 is 1.26 bits per heavy atom. The molecule has 0 bridgehead atoms. The number of amides is 1. The maximum absolute atomic E-state index is 12.1. The van der Waals surface area contributed by atoms with Crippen molar-refractivity contribution in [3.05, 3.63) is 36.2 Å². The van der Waals surface area contributed by atoms with Crippen LogP contribution < -0.4 is 5.32 Å². The first-order valence-corrected chi connectivity index (χ1v) is 7.31. The second-order valence-corrected chi connectivity index (χ2v) is 5.30. The van der Waals surface area contributed by atoms with E-state index < -0.39 is 0 Å². The Balaban J connectivity index is 2.17. The fraction of sp³-hybridized carbons (Fsp3) is 0.357. The van der Waals surface area contributed by atoms with Crippen LogP contribution in [0.3, 0.4) is 0 Å². The molecule has 1 heterocycles. The van der Waals surface area contributed by atoms with Crippen molar-refractivity contribution in [3.63, 3.8) is 0 Å². The van der Waals surface area contributed by atoms with Gasteiger partial charge in [0, 0.05) is 29.3 Å². The lowest BCUT2D eigenvalue weighted by molar-refractivity contribution is 0.0931. The number of hydrogen-bond acceptors (Lipinski definition) is 3. The Hall–Kier alpha value is -1.49. The van der Waals surface area contributed by atoms with E-state index in [0.29, 0.717) is 11.5 Å². The van der Waals surface area contributed by atoms with Crippen LogP contribution in [-0.2, 0) is 0 Å². The van der Waals surface area contributed by atoms with Crippen LogP contribution in [0.2, 0.25) is 0 Å². The van der Waals surface area contributed by atoms with E-state index >= 15 is 0 Å². The summed E-state index contributed by atoms with van der Waals surface area (Å²) in [6.07, 6.45) is 3.27. The summed E-state index contributed by atoms with van der Waals surface area (Å²) >= 11 is 3.42. The molecule has 2 atom stereocenters. The molecule has 4 nitrogen and oxygen atoms in total. The molecule has 0 aliphatic carbocycles. The summed E-state index contributed by atoms with van der Waals surface area (Å²) in [6.45, 7) is 4.09. The Labute approximate surface area is 120 Å². The number of aromatic nitrogens is 2. The van der Waals surface area contributed by atoms with E-state index in [1.54, 1.807) is 24.5 Å². The zero-order valence-corrected chi connectivity index (χ0v) is 12.5. The standard InChI is InChI=1S/C14H16BrN3O/c1-9(8-15)10(2)18-14(19)11-3-4-12-13(7-11)17-6-5-16-12/h3-7,9-10H,8H2,1-2H3,(H,18,19). The van der Waals surface area contributed by atoms with Gasteiger partial charge in [-0.1, -0.05) is 22.9 Å². The van der Waals surface area contributed by atoms with Crippen molar-refractivity contribution in [2.24, 2.45) is 5.92 Å². The van der Waals surface area contributed by atoms with Gasteiger partial charge in [-0.3, -0.25) is 14.8 Å². The van der Waals surface area contributed by atoms with Gasteiger partial charge in [-0.15, -0.1) is 0 Å². The van der Waals surface area contributed by atoms with E-state index in [1.165, 1.54) is 0 Å². The highest BCUT2D eigenvalue weighted by atomic mass is 79.9. The molecular weight excluding hydrogens is 306 g/mol. The first kappa shape index (κ1) is 13.9. The van der Waals surface area contributed by atoms with Gasteiger partial charge in [0.05, 0.1) is 11.0 Å². The van der Waals surface area contributed by atoms with Gasteiger partial charge in [-0.2, -0.15) is 0 Å². The van der Waals surface area contributed by atoms with Gasteiger partial charge in [-0.25, -0.2) is 0 Å². The first-order chi connectivity index (χ1) is 9.11. The number of halogens is 1. The zero-order chi connectivity index (χ0) is 13.8. The second-order valence-electron chi connectivity index (χ2n) is 4.65. The molecule has 1 amide bonds. The van der Waals surface area contributed by atoms with Gasteiger partial charge in [-0.05, 0) is 31.0 Å². The molecule has 0 fully saturated rings. The lowest BCUT2D eigenvalue weighted by Crippen LogP contribution is -2.37. The van der Waals surface area contributed by atoms with Crippen LogP contribution in [0, 0.1) is 5.92 Å². The SMILES string of the molecule is CC(CBr)C(C)NC(=O)c1ccc2nccnc2c1. The minimum atomic E-state index is -0.0761. The third-order valence-electron chi connectivity index (χ3n) is 3.19. The zero-order valence-electron chi connectivity index (χ0n) is 10.9. The van der Waals surface area contributed by atoms with Crippen molar-refractivity contribution in [1.29, 1.82) is 0 Å². The number of rotatable bonds is 4. The number of nitrogens with zero attached hydrogens (tertiary/aromatic N) is 2. The highest BCUT2D eigenvalue weighted by Crippen LogP contribution is 2.12. The minimum absolute atomic E-state index is 0.0761. The van der Waals surface area contributed by atoms with E-state index in [1.807, 2.05) is 13.0 Å². The van der Waals surface area contributed by atoms with Crippen molar-refractivity contribution in [2.75, 3.05) is 5.33 Å². The van der Waals surface area contributed by atoms with Crippen LogP contribution >= 0.6 is 15.9 Å². The molecule has 0 saturated heterocycles. The number of benzene rings is 1. The molecule has 1 N–H and O–H groups in total. The highest BCUT2D eigenvalue weighted by molar-refractivity contribution is 9.09. The topological polar surface area (TPSA) is 54.9 Å². The van der Waals surface area contributed by atoms with Crippen LogP contribution in [0.5, 0.6) is 0 Å². The smallest absolute Gasteiger partial charge is 0.251 e. The summed E-state index contributed by atoms with van der Waals surface area (Å²) in [7, 11) is 0. The Bertz CT molecular complexity index is 588. The Morgan fingerprint density at radius 2 is 1.95 bits per heavy atom. The van der Waals surface area contributed by atoms with Gasteiger partial charge in [0.15, 0.2) is 0 Å². The predicted molar refractivity (Wildman–Crippen MR) is 79.4 cm³/mol. The Morgan fingerprint density at radius 3 is 2.63 bits per heavy atom. The van der Waals surface area contributed by atoms with Crippen LogP contribution in [0.25, 0.3) is 11.0 Å². The molecular formula is C14H16BrN3O. The fourth-order valence-corrected chi connectivity index (χ4v) is 2.23. The van der Waals surface area contributed by atoms with Crippen molar-refractivity contribution >= 4 is 32.9 Å². The van der Waals surface area contributed by atoms with Gasteiger partial charge < -0.3 is 5.32 Å². The summed E-state index contributed by atoms with van der Waals surface area (Å²) in [4.78, 5) is 20.5. The summed E-state index contributed by atoms with van der Waals surface area (Å²) < 4.78 is 0. The number of fused-ring (bicyclic) bond motifs is 1. The number of alkyl halides is 1. The normalized spacial score (nSPS) is 14.1. The van der Waals surface area contributed by atoms with Crippen molar-refractivity contribution in [3.8, 4) is 0 Å². The summed E-state index contributed by atoms with van der Waals surface area (Å²) in [5.74, 6) is 0.303. The monoisotopic (exact) mass is 321 g/mol. The van der Waals surface area contributed by atoms with Crippen LogP contribution in [0.15, 0.2) is 30.6 Å². The number of hydrogen-bond donors (Lipinski definition) is 1. The lowest BCUT2D eigenvalue weighted by atomic mass is 10.1. The third-order valence-corrected chi connectivity index (χ3v) is 4.21. The quantitative estimate of drug-likeness (QED) is 0.881. The average molecular weight is 322 g/mol. The largest absolute Gasteiger partial charge is 0.349 e. The molecule has 1 aromatic heterocycles. The lowest BCUT2D eigenvalue weighted by Gasteiger charge is -2.19. The molecule has 0 spiro atoms. The van der Waals surface area contributed by atoms with Gasteiger partial charge >= 0.3 is 0 Å². The van der Waals surface area contributed by atoms with Gasteiger partial charge in [0.25, 0.3) is 5.91 Å². The molecule has 1 aromatic carbocycles. The molecule has 5 heteroatoms. The van der Waals surface area contributed by atoms with E-state index in [-0.39, 0.29) is 11.9 Å². The maximum Gasteiger partial charge on any atom is 0.251 e. The van der Waals surface area contributed by atoms with Gasteiger partial charge in [0.1, 0.15) is 0 Å². The number of carbonyl (C=O) groups excluding carboxylic acids is 1. The fourth-order valence-electron chi connectivity index (χ4n) is 1.67. The molecule has 0 aliphatic rings. The van der Waals surface area contributed by atoms with Crippen molar-refractivity contribution < 1.29 is 4.79 Å². The van der Waals surface area contributed by atoms with Crippen molar-refractivity contribution in [2.45, 2.75) is 19.9 Å². The van der Waals surface area contributed by atoms with E-state index in [9.17, 15) is 4.79 Å². The van der Waals surface area contributed by atoms with E-state index in [0.717, 1.165) is 16.4 Å². The number of nitrogens with one attached hydrogen (secondary N) is 1. The summed E-state index contributed by atoms with van der Waals surface area (Å²) in [5.41, 5.74) is 2.14. The number of carbonyl (C=O) groups is 1. The van der Waals surface area contributed by atoms with Crippen LogP contribution in [0.4, 0.5) is 0 Å². The third kappa shape index (κ3) is 3.29. The molecule has 100 valence electrons. The minimum Gasteiger partial charge on any atom is -0.349 e. The predicted octanol–water partition coefficient (Wildman–Crippen LogP) is 2.78. The van der Waals surface area contributed by atoms with E-state index in [2.05, 4.69) is 38.1 Å². The molecule has 0 saturated carbocycles. The molecule has 19 heavy (non-hydrogen) atoms. The maximum atomic E-state index is 12.1. The average Bonchev–Trinajstić information content (AvgIpc) is 2.45. The molecule has 0 radical (unpaired) electrons. The highest BCUT2D eigenvalue weighted by Gasteiger charge is 2.15. The Kier molecular flexibility index (Phi) is 4.47. The summed E-state index contributed by atoms with van der Waals surface area (Å²) in [5, 5.41) is 3.85. The second kappa shape index (κ2) is 6.10. The van der Waals surface area contributed by atoms with Gasteiger partial charge in [0.2, 0.25) is 0 Å². The van der Waals surface area contributed by atoms with Crippen LogP contribution in [0.1, 0.15) is 24.2 Å². The van der Waals surface area contributed by atoms with Crippen molar-refractivity contribution in [1.82, 2.24) is 15.3 Å². The van der Waals surface area contributed by atoms with E-state index in [4.69, 9.17) is 0 Å². The molecule has 2 aromatic rings. The van der Waals surface area contributed by atoms with Crippen LogP contribution in [-0.4, -0.2) is 27.2 Å². The summed E-state index contributed by atoms with van der Waals surface area (Å²) in [6, 6.07) is 5.47. The molecule has 0 aliphatic heterocycles.